The molecule has 0 aromatic heterocycles. The normalized spacial score (nSPS) is 14.6. The van der Waals surface area contributed by atoms with Crippen molar-refractivity contribution in [3.8, 4) is 0 Å². The van der Waals surface area contributed by atoms with Gasteiger partial charge in [-0.25, -0.2) is 0 Å². The van der Waals surface area contributed by atoms with Crippen molar-refractivity contribution in [1.82, 2.24) is 4.90 Å². The van der Waals surface area contributed by atoms with Gasteiger partial charge in [-0.15, -0.1) is 0 Å². The number of carbonyl (C=O) groups excluding carboxylic acids is 4. The van der Waals surface area contributed by atoms with E-state index >= 15 is 0 Å². The van der Waals surface area contributed by atoms with E-state index < -0.39 is 18.5 Å². The van der Waals surface area contributed by atoms with Gasteiger partial charge in [0, 0.05) is 24.2 Å². The molecule has 0 aliphatic carbocycles. The van der Waals surface area contributed by atoms with Gasteiger partial charge < -0.3 is 15.0 Å². The summed E-state index contributed by atoms with van der Waals surface area (Å²) in [5.74, 6) is -1.27. The van der Waals surface area contributed by atoms with Gasteiger partial charge in [0.25, 0.3) is 5.91 Å². The lowest BCUT2D eigenvalue weighted by molar-refractivity contribution is -0.151. The molecule has 0 spiro atoms. The molecule has 0 radical (unpaired) electrons. The molecule has 0 saturated carbocycles. The quantitative estimate of drug-likeness (QED) is 0.626. The Kier molecular flexibility index (Phi) is 6.68. The minimum absolute atomic E-state index is 0.0556. The van der Waals surface area contributed by atoms with Gasteiger partial charge in [0.2, 0.25) is 5.91 Å². The van der Waals surface area contributed by atoms with Crippen LogP contribution < -0.4 is 5.32 Å². The summed E-state index contributed by atoms with van der Waals surface area (Å²) in [6.07, 6.45) is 3.12. The molecule has 1 aliphatic heterocycles. The molecule has 0 bridgehead atoms. The number of likely N-dealkylation sites (tertiary alicyclic amines) is 1. The number of ketones is 1. The predicted octanol–water partition coefficient (Wildman–Crippen LogP) is 1.77. The van der Waals surface area contributed by atoms with Gasteiger partial charge in [0.1, 0.15) is 6.54 Å². The Morgan fingerprint density at radius 2 is 2.00 bits per heavy atom. The van der Waals surface area contributed by atoms with Crippen molar-refractivity contribution in [3.05, 3.63) is 29.8 Å². The molecule has 25 heavy (non-hydrogen) atoms. The van der Waals surface area contributed by atoms with Crippen molar-refractivity contribution >= 4 is 29.3 Å². The Bertz CT molecular complexity index is 671. The number of ether oxygens (including phenoxy) is 1. The van der Waals surface area contributed by atoms with Crippen molar-refractivity contribution in [1.29, 1.82) is 0 Å². The average molecular weight is 346 g/mol. The first-order valence-corrected chi connectivity index (χ1v) is 8.30. The average Bonchev–Trinajstić information content (AvgIpc) is 2.78. The molecular formula is C18H22N2O5. The number of hydrogen-bond donors (Lipinski definition) is 1. The lowest BCUT2D eigenvalue weighted by Gasteiger charge is -2.19. The maximum absolute atomic E-state index is 11.9. The van der Waals surface area contributed by atoms with Crippen LogP contribution in [0, 0.1) is 0 Å². The molecule has 1 saturated heterocycles. The van der Waals surface area contributed by atoms with E-state index in [1.807, 2.05) is 0 Å². The zero-order chi connectivity index (χ0) is 18.2. The van der Waals surface area contributed by atoms with Crippen molar-refractivity contribution in [2.24, 2.45) is 0 Å². The van der Waals surface area contributed by atoms with Crippen LogP contribution in [-0.2, 0) is 19.1 Å². The number of anilines is 1. The lowest BCUT2D eigenvalue weighted by Crippen LogP contribution is -2.36. The van der Waals surface area contributed by atoms with E-state index in [0.29, 0.717) is 24.2 Å². The number of nitrogens with one attached hydrogen (secondary N) is 1. The first-order valence-electron chi connectivity index (χ1n) is 8.30. The summed E-state index contributed by atoms with van der Waals surface area (Å²) in [4.78, 5) is 48.3. The topological polar surface area (TPSA) is 92.8 Å². The molecule has 0 atom stereocenters. The number of nitrogens with zero attached hydrogens (tertiary/aromatic N) is 1. The predicted molar refractivity (Wildman–Crippen MR) is 91.1 cm³/mol. The number of Topliss-reactive ketones (excluding diaryl/α,β-unsaturated/α-hetero) is 1. The van der Waals surface area contributed by atoms with Gasteiger partial charge in [0.15, 0.2) is 12.4 Å². The molecule has 134 valence electrons. The molecule has 7 nitrogen and oxygen atoms in total. The minimum Gasteiger partial charge on any atom is -0.454 e. The van der Waals surface area contributed by atoms with Gasteiger partial charge in [-0.3, -0.25) is 19.2 Å². The highest BCUT2D eigenvalue weighted by Crippen LogP contribution is 2.12. The third-order valence-electron chi connectivity index (χ3n) is 3.91. The number of amides is 2. The fraction of sp³-hybridized carbons (Fsp3) is 0.444. The number of rotatable bonds is 6. The monoisotopic (exact) mass is 346 g/mol. The fourth-order valence-corrected chi connectivity index (χ4v) is 2.57. The molecule has 2 rings (SSSR count). The van der Waals surface area contributed by atoms with Crippen LogP contribution in [0.25, 0.3) is 0 Å². The van der Waals surface area contributed by atoms with Crippen molar-refractivity contribution in [2.45, 2.75) is 32.6 Å². The van der Waals surface area contributed by atoms with Crippen LogP contribution in [0.1, 0.15) is 43.0 Å². The highest BCUT2D eigenvalue weighted by molar-refractivity contribution is 5.97. The Morgan fingerprint density at radius 1 is 1.20 bits per heavy atom. The summed E-state index contributed by atoms with van der Waals surface area (Å²) < 4.78 is 4.93. The second kappa shape index (κ2) is 8.96. The molecule has 1 aromatic carbocycles. The lowest BCUT2D eigenvalue weighted by atomic mass is 10.1. The summed E-state index contributed by atoms with van der Waals surface area (Å²) in [7, 11) is 0. The summed E-state index contributed by atoms with van der Waals surface area (Å²) in [6, 6.07) is 6.50. The van der Waals surface area contributed by atoms with Gasteiger partial charge in [0.05, 0.1) is 0 Å². The summed E-state index contributed by atoms with van der Waals surface area (Å²) in [5, 5.41) is 2.57. The highest BCUT2D eigenvalue weighted by atomic mass is 16.5. The van der Waals surface area contributed by atoms with E-state index in [2.05, 4.69) is 5.32 Å². The first-order chi connectivity index (χ1) is 12.0. The van der Waals surface area contributed by atoms with Gasteiger partial charge in [-0.2, -0.15) is 0 Å². The number of esters is 1. The fourth-order valence-electron chi connectivity index (χ4n) is 2.57. The molecule has 7 heteroatoms. The van der Waals surface area contributed by atoms with Gasteiger partial charge in [-0.05, 0) is 31.9 Å². The molecule has 1 aromatic rings. The van der Waals surface area contributed by atoms with Crippen molar-refractivity contribution < 1.29 is 23.9 Å². The van der Waals surface area contributed by atoms with Crippen LogP contribution in [0.2, 0.25) is 0 Å². The maximum Gasteiger partial charge on any atom is 0.326 e. The molecule has 1 N–H and O–H groups in total. The summed E-state index contributed by atoms with van der Waals surface area (Å²) >= 11 is 0. The second-order valence-electron chi connectivity index (χ2n) is 5.97. The standard InChI is InChI=1S/C18H22N2O5/c1-13(21)14-6-5-7-15(10-14)19-16(22)12-25-18(24)11-20-9-4-2-3-8-17(20)23/h5-7,10H,2-4,8-9,11-12H2,1H3,(H,19,22). The summed E-state index contributed by atoms with van der Waals surface area (Å²) in [5.41, 5.74) is 0.936. The van der Waals surface area contributed by atoms with E-state index in [1.54, 1.807) is 24.3 Å². The molecule has 1 heterocycles. The van der Waals surface area contributed by atoms with E-state index in [0.717, 1.165) is 19.3 Å². The van der Waals surface area contributed by atoms with Gasteiger partial charge in [-0.1, -0.05) is 18.6 Å². The van der Waals surface area contributed by atoms with Crippen LogP contribution in [-0.4, -0.2) is 48.2 Å². The minimum atomic E-state index is -0.608. The van der Waals surface area contributed by atoms with E-state index in [9.17, 15) is 19.2 Å². The Labute approximate surface area is 146 Å². The van der Waals surface area contributed by atoms with Crippen LogP contribution >= 0.6 is 0 Å². The SMILES string of the molecule is CC(=O)c1cccc(NC(=O)COC(=O)CN2CCCCCC2=O)c1. The summed E-state index contributed by atoms with van der Waals surface area (Å²) in [6.45, 7) is 1.40. The van der Waals surface area contributed by atoms with Gasteiger partial charge >= 0.3 is 5.97 Å². The molecular weight excluding hydrogens is 324 g/mol. The van der Waals surface area contributed by atoms with Crippen LogP contribution in [0.5, 0.6) is 0 Å². The van der Waals surface area contributed by atoms with Crippen LogP contribution in [0.15, 0.2) is 24.3 Å². The largest absolute Gasteiger partial charge is 0.454 e. The number of hydrogen-bond acceptors (Lipinski definition) is 5. The Hall–Kier alpha value is -2.70. The van der Waals surface area contributed by atoms with Crippen LogP contribution in [0.3, 0.4) is 0 Å². The Morgan fingerprint density at radius 3 is 2.76 bits per heavy atom. The maximum atomic E-state index is 11.9. The van der Waals surface area contributed by atoms with Crippen molar-refractivity contribution in [2.75, 3.05) is 25.0 Å². The van der Waals surface area contributed by atoms with Crippen LogP contribution in [0.4, 0.5) is 5.69 Å². The zero-order valence-electron chi connectivity index (χ0n) is 14.2. The van der Waals surface area contributed by atoms with E-state index in [-0.39, 0.29) is 18.2 Å². The molecule has 1 fully saturated rings. The van der Waals surface area contributed by atoms with E-state index in [4.69, 9.17) is 4.74 Å². The molecule has 2 amide bonds. The van der Waals surface area contributed by atoms with E-state index in [1.165, 1.54) is 11.8 Å². The molecule has 1 aliphatic rings. The third-order valence-corrected chi connectivity index (χ3v) is 3.91. The number of benzene rings is 1. The number of carbonyl (C=O) groups is 4. The Balaban J connectivity index is 1.79. The van der Waals surface area contributed by atoms with Crippen molar-refractivity contribution in [3.63, 3.8) is 0 Å². The molecule has 0 unspecified atom stereocenters. The first kappa shape index (κ1) is 18.6. The second-order valence-corrected chi connectivity index (χ2v) is 5.97. The smallest absolute Gasteiger partial charge is 0.326 e. The highest BCUT2D eigenvalue weighted by Gasteiger charge is 2.20. The third kappa shape index (κ3) is 6.02. The zero-order valence-corrected chi connectivity index (χ0v) is 14.2.